The zero-order valence-corrected chi connectivity index (χ0v) is 14.2. The Hall–Kier alpha value is -1.23. The Bertz CT molecular complexity index is 634. The van der Waals surface area contributed by atoms with Crippen LogP contribution in [0.4, 0.5) is 0 Å². The minimum Gasteiger partial charge on any atom is -0.395 e. The molecule has 1 atom stereocenters. The van der Waals surface area contributed by atoms with E-state index >= 15 is 0 Å². The molecule has 0 spiro atoms. The van der Waals surface area contributed by atoms with Gasteiger partial charge in [0.25, 0.3) is 0 Å². The first-order chi connectivity index (χ1) is 11.3. The van der Waals surface area contributed by atoms with Gasteiger partial charge in [-0.15, -0.1) is 11.3 Å². The standard InChI is InChI=1S/C19H24N2OS/c22-12-18(15-6-7-15)21(10-14-4-2-1-3-5-14)11-17-13-23-19(20-17)16-8-9-16/h1-5,13,15-16,18,22H,6-12H2. The second kappa shape index (κ2) is 6.71. The zero-order valence-electron chi connectivity index (χ0n) is 13.4. The number of nitrogens with zero attached hydrogens (tertiary/aromatic N) is 2. The van der Waals surface area contributed by atoms with Crippen LogP contribution in [0, 0.1) is 5.92 Å². The molecule has 2 aliphatic rings. The predicted molar refractivity (Wildman–Crippen MR) is 93.4 cm³/mol. The summed E-state index contributed by atoms with van der Waals surface area (Å²) in [4.78, 5) is 7.27. The molecule has 4 rings (SSSR count). The molecule has 23 heavy (non-hydrogen) atoms. The van der Waals surface area contributed by atoms with E-state index in [0.717, 1.165) is 19.0 Å². The monoisotopic (exact) mass is 328 g/mol. The summed E-state index contributed by atoms with van der Waals surface area (Å²) in [6.07, 6.45) is 5.12. The molecule has 3 nitrogen and oxygen atoms in total. The van der Waals surface area contributed by atoms with Crippen molar-refractivity contribution in [3.8, 4) is 0 Å². The van der Waals surface area contributed by atoms with Gasteiger partial charge < -0.3 is 5.11 Å². The smallest absolute Gasteiger partial charge is 0.0959 e. The third-order valence-electron chi connectivity index (χ3n) is 4.91. The Balaban J connectivity index is 1.50. The Morgan fingerprint density at radius 1 is 1.13 bits per heavy atom. The number of aliphatic hydroxyl groups is 1. The van der Waals surface area contributed by atoms with Crippen molar-refractivity contribution in [3.05, 3.63) is 52.0 Å². The lowest BCUT2D eigenvalue weighted by Crippen LogP contribution is -2.38. The molecule has 1 aromatic heterocycles. The first kappa shape index (κ1) is 15.3. The van der Waals surface area contributed by atoms with E-state index in [0.29, 0.717) is 5.92 Å². The van der Waals surface area contributed by atoms with Crippen LogP contribution >= 0.6 is 11.3 Å². The topological polar surface area (TPSA) is 36.4 Å². The molecule has 0 amide bonds. The van der Waals surface area contributed by atoms with Crippen molar-refractivity contribution in [2.75, 3.05) is 6.61 Å². The summed E-state index contributed by atoms with van der Waals surface area (Å²) in [6.45, 7) is 1.98. The van der Waals surface area contributed by atoms with Crippen LogP contribution in [0.3, 0.4) is 0 Å². The van der Waals surface area contributed by atoms with Crippen LogP contribution in [0.2, 0.25) is 0 Å². The number of aromatic nitrogens is 1. The van der Waals surface area contributed by atoms with E-state index in [1.165, 1.54) is 41.9 Å². The number of hydrogen-bond donors (Lipinski definition) is 1. The summed E-state index contributed by atoms with van der Waals surface area (Å²) >= 11 is 1.81. The quantitative estimate of drug-likeness (QED) is 0.801. The van der Waals surface area contributed by atoms with Crippen molar-refractivity contribution in [1.82, 2.24) is 9.88 Å². The van der Waals surface area contributed by atoms with Crippen LogP contribution in [-0.4, -0.2) is 27.6 Å². The summed E-state index contributed by atoms with van der Waals surface area (Å²) in [5, 5.41) is 13.4. The molecule has 1 aromatic carbocycles. The highest BCUT2D eigenvalue weighted by atomic mass is 32.1. The zero-order chi connectivity index (χ0) is 15.6. The van der Waals surface area contributed by atoms with Crippen LogP contribution < -0.4 is 0 Å². The van der Waals surface area contributed by atoms with Gasteiger partial charge in [0.15, 0.2) is 0 Å². The molecule has 2 saturated carbocycles. The molecule has 1 N–H and O–H groups in total. The second-order valence-corrected chi connectivity index (χ2v) is 7.82. The molecule has 0 saturated heterocycles. The average Bonchev–Trinajstić information content (AvgIpc) is 3.49. The lowest BCUT2D eigenvalue weighted by Gasteiger charge is -2.30. The summed E-state index contributed by atoms with van der Waals surface area (Å²) < 4.78 is 0. The molecular weight excluding hydrogens is 304 g/mol. The van der Waals surface area contributed by atoms with Crippen molar-refractivity contribution in [3.63, 3.8) is 0 Å². The normalized spacial score (nSPS) is 19.2. The van der Waals surface area contributed by atoms with Gasteiger partial charge in [-0.25, -0.2) is 4.98 Å². The van der Waals surface area contributed by atoms with Gasteiger partial charge in [-0.2, -0.15) is 0 Å². The largest absolute Gasteiger partial charge is 0.395 e. The van der Waals surface area contributed by atoms with Crippen LogP contribution in [0.1, 0.15) is 47.9 Å². The third kappa shape index (κ3) is 3.82. The van der Waals surface area contributed by atoms with E-state index < -0.39 is 0 Å². The van der Waals surface area contributed by atoms with E-state index in [9.17, 15) is 5.11 Å². The number of hydrogen-bond acceptors (Lipinski definition) is 4. The molecule has 2 fully saturated rings. The minimum absolute atomic E-state index is 0.247. The average molecular weight is 328 g/mol. The SMILES string of the molecule is OCC(C1CC1)N(Cc1ccccc1)Cc1csc(C2CC2)n1. The third-order valence-corrected chi connectivity index (χ3v) is 5.97. The number of aliphatic hydroxyl groups excluding tert-OH is 1. The maximum atomic E-state index is 9.91. The highest BCUT2D eigenvalue weighted by Crippen LogP contribution is 2.42. The first-order valence-electron chi connectivity index (χ1n) is 8.66. The Labute approximate surface area is 142 Å². The van der Waals surface area contributed by atoms with Crippen molar-refractivity contribution in [2.24, 2.45) is 5.92 Å². The fourth-order valence-corrected chi connectivity index (χ4v) is 4.26. The van der Waals surface area contributed by atoms with E-state index in [2.05, 4.69) is 40.6 Å². The van der Waals surface area contributed by atoms with Crippen LogP contribution in [0.15, 0.2) is 35.7 Å². The van der Waals surface area contributed by atoms with Gasteiger partial charge in [0.05, 0.1) is 17.3 Å². The van der Waals surface area contributed by atoms with Gasteiger partial charge in [-0.3, -0.25) is 4.90 Å². The van der Waals surface area contributed by atoms with Crippen LogP contribution in [0.25, 0.3) is 0 Å². The molecule has 122 valence electrons. The molecule has 0 radical (unpaired) electrons. The van der Waals surface area contributed by atoms with Gasteiger partial charge in [0.2, 0.25) is 0 Å². The molecule has 1 unspecified atom stereocenters. The highest BCUT2D eigenvalue weighted by Gasteiger charge is 2.35. The number of rotatable bonds is 8. The van der Waals surface area contributed by atoms with E-state index in [4.69, 9.17) is 4.98 Å². The van der Waals surface area contributed by atoms with Crippen molar-refractivity contribution in [2.45, 2.75) is 50.7 Å². The maximum absolute atomic E-state index is 9.91. The van der Waals surface area contributed by atoms with E-state index in [1.807, 2.05) is 11.3 Å². The van der Waals surface area contributed by atoms with Gasteiger partial charge in [0.1, 0.15) is 0 Å². The summed E-state index contributed by atoms with van der Waals surface area (Å²) in [5.74, 6) is 1.39. The Morgan fingerprint density at radius 2 is 1.91 bits per heavy atom. The lowest BCUT2D eigenvalue weighted by atomic mass is 10.1. The fraction of sp³-hybridized carbons (Fsp3) is 0.526. The molecule has 1 heterocycles. The first-order valence-corrected chi connectivity index (χ1v) is 9.54. The molecule has 2 aromatic rings. The van der Waals surface area contributed by atoms with Gasteiger partial charge in [-0.05, 0) is 37.2 Å². The van der Waals surface area contributed by atoms with Crippen molar-refractivity contribution >= 4 is 11.3 Å². The Morgan fingerprint density at radius 3 is 2.57 bits per heavy atom. The second-order valence-electron chi connectivity index (χ2n) is 6.93. The van der Waals surface area contributed by atoms with Crippen molar-refractivity contribution < 1.29 is 5.11 Å². The fourth-order valence-electron chi connectivity index (χ4n) is 3.27. The molecular formula is C19H24N2OS. The summed E-state index contributed by atoms with van der Waals surface area (Å²) in [7, 11) is 0. The summed E-state index contributed by atoms with van der Waals surface area (Å²) in [6, 6.07) is 10.8. The summed E-state index contributed by atoms with van der Waals surface area (Å²) in [5.41, 5.74) is 2.48. The molecule has 0 bridgehead atoms. The molecule has 0 aliphatic heterocycles. The highest BCUT2D eigenvalue weighted by molar-refractivity contribution is 7.09. The Kier molecular flexibility index (Phi) is 4.47. The van der Waals surface area contributed by atoms with Crippen LogP contribution in [-0.2, 0) is 13.1 Å². The van der Waals surface area contributed by atoms with Gasteiger partial charge in [0, 0.05) is 30.4 Å². The van der Waals surface area contributed by atoms with Crippen molar-refractivity contribution in [1.29, 1.82) is 0 Å². The van der Waals surface area contributed by atoms with Gasteiger partial charge >= 0.3 is 0 Å². The number of benzene rings is 1. The lowest BCUT2D eigenvalue weighted by molar-refractivity contribution is 0.0935. The minimum atomic E-state index is 0.247. The van der Waals surface area contributed by atoms with Crippen LogP contribution in [0.5, 0.6) is 0 Å². The molecule has 4 heteroatoms. The van der Waals surface area contributed by atoms with Gasteiger partial charge in [-0.1, -0.05) is 30.3 Å². The molecule has 2 aliphatic carbocycles. The van der Waals surface area contributed by atoms with E-state index in [1.54, 1.807) is 0 Å². The number of thiazole rings is 1. The van der Waals surface area contributed by atoms with E-state index in [-0.39, 0.29) is 12.6 Å². The maximum Gasteiger partial charge on any atom is 0.0959 e. The predicted octanol–water partition coefficient (Wildman–Crippen LogP) is 3.79.